The molecule has 0 aromatic carbocycles. The Labute approximate surface area is 121 Å². The molecule has 3 heteroatoms. The Morgan fingerprint density at radius 3 is 2.80 bits per heavy atom. The molecule has 3 nitrogen and oxygen atoms in total. The predicted octanol–water partition coefficient (Wildman–Crippen LogP) is 3.03. The lowest BCUT2D eigenvalue weighted by molar-refractivity contribution is -0.224. The van der Waals surface area contributed by atoms with E-state index in [1.54, 1.807) is 0 Å². The van der Waals surface area contributed by atoms with Crippen LogP contribution in [0.3, 0.4) is 0 Å². The molecule has 0 aromatic rings. The zero-order valence-electron chi connectivity index (χ0n) is 12.4. The summed E-state index contributed by atoms with van der Waals surface area (Å²) in [5.74, 6) is 0.379. The summed E-state index contributed by atoms with van der Waals surface area (Å²) in [4.78, 5) is 0. The first-order valence-electron chi connectivity index (χ1n) is 8.27. The van der Waals surface area contributed by atoms with Gasteiger partial charge in [0.2, 0.25) is 0 Å². The van der Waals surface area contributed by atoms with E-state index >= 15 is 0 Å². The maximum Gasteiger partial charge on any atom is 0.172 e. The monoisotopic (exact) mass is 278 g/mol. The SMILES string of the molecule is C/C1=C/CC23CCCC(C2C2(CC3)OCCO2)[C@H](O)C1. The van der Waals surface area contributed by atoms with Crippen LogP contribution in [0, 0.1) is 17.3 Å². The zero-order valence-corrected chi connectivity index (χ0v) is 12.4. The fourth-order valence-electron chi connectivity index (χ4n) is 5.60. The van der Waals surface area contributed by atoms with Crippen molar-refractivity contribution in [3.8, 4) is 0 Å². The van der Waals surface area contributed by atoms with Crippen LogP contribution in [-0.2, 0) is 9.47 Å². The standard InChI is InChI=1S/C17H26O3/c1-12-4-6-16-5-2-3-13(14(18)11-12)15(16)17(8-7-16)19-9-10-20-17/h4,13-15,18H,2-3,5-11H2,1H3/b12-4-/t13?,14-,15?,16?/m1/s1. The van der Waals surface area contributed by atoms with Crippen molar-refractivity contribution in [2.45, 2.75) is 63.8 Å². The van der Waals surface area contributed by atoms with E-state index in [0.29, 0.717) is 17.3 Å². The third-order valence-electron chi connectivity index (χ3n) is 6.40. The van der Waals surface area contributed by atoms with Crippen LogP contribution in [-0.4, -0.2) is 30.2 Å². The summed E-state index contributed by atoms with van der Waals surface area (Å²) < 4.78 is 12.2. The second-order valence-corrected chi connectivity index (χ2v) is 7.43. The summed E-state index contributed by atoms with van der Waals surface area (Å²) in [6.07, 6.45) is 10.0. The van der Waals surface area contributed by atoms with E-state index in [4.69, 9.17) is 9.47 Å². The van der Waals surface area contributed by atoms with Gasteiger partial charge < -0.3 is 14.6 Å². The number of rotatable bonds is 0. The van der Waals surface area contributed by atoms with E-state index in [1.165, 1.54) is 24.8 Å². The highest BCUT2D eigenvalue weighted by Gasteiger charge is 2.64. The molecule has 4 aliphatic rings. The Bertz CT molecular complexity index is 424. The average Bonchev–Trinajstić information content (AvgIpc) is 3.03. The number of aliphatic hydroxyl groups excluding tert-OH is 1. The van der Waals surface area contributed by atoms with E-state index in [1.807, 2.05) is 0 Å². The summed E-state index contributed by atoms with van der Waals surface area (Å²) >= 11 is 0. The van der Waals surface area contributed by atoms with Crippen molar-refractivity contribution in [1.82, 2.24) is 0 Å². The molecule has 1 heterocycles. The van der Waals surface area contributed by atoms with Gasteiger partial charge in [-0.2, -0.15) is 0 Å². The van der Waals surface area contributed by atoms with E-state index in [0.717, 1.165) is 38.9 Å². The number of hydrogen-bond acceptors (Lipinski definition) is 3. The third-order valence-corrected chi connectivity index (χ3v) is 6.40. The minimum atomic E-state index is -0.370. The first-order valence-corrected chi connectivity index (χ1v) is 8.27. The molecule has 0 radical (unpaired) electrons. The van der Waals surface area contributed by atoms with Crippen molar-refractivity contribution in [2.75, 3.05) is 13.2 Å². The summed E-state index contributed by atoms with van der Waals surface area (Å²) in [5, 5.41) is 10.7. The van der Waals surface area contributed by atoms with Crippen LogP contribution in [0.25, 0.3) is 0 Å². The molecule has 4 atom stereocenters. The van der Waals surface area contributed by atoms with Gasteiger partial charge in [-0.25, -0.2) is 0 Å². The number of allylic oxidation sites excluding steroid dienone is 1. The van der Waals surface area contributed by atoms with Crippen molar-refractivity contribution in [3.05, 3.63) is 11.6 Å². The number of ether oxygens (including phenoxy) is 2. The number of aliphatic hydroxyl groups is 1. The highest BCUT2D eigenvalue weighted by Crippen LogP contribution is 2.64. The normalized spacial score (nSPS) is 49.3. The molecule has 0 aromatic heterocycles. The topological polar surface area (TPSA) is 38.7 Å². The average molecular weight is 278 g/mol. The molecular formula is C17H26O3. The van der Waals surface area contributed by atoms with Crippen LogP contribution < -0.4 is 0 Å². The van der Waals surface area contributed by atoms with Gasteiger partial charge in [0, 0.05) is 12.3 Å². The lowest BCUT2D eigenvalue weighted by atomic mass is 9.58. The van der Waals surface area contributed by atoms with E-state index in [9.17, 15) is 5.11 Å². The van der Waals surface area contributed by atoms with Crippen molar-refractivity contribution in [1.29, 1.82) is 0 Å². The molecule has 3 unspecified atom stereocenters. The van der Waals surface area contributed by atoms with E-state index in [-0.39, 0.29) is 11.9 Å². The van der Waals surface area contributed by atoms with Crippen molar-refractivity contribution in [2.24, 2.45) is 17.3 Å². The van der Waals surface area contributed by atoms with Crippen molar-refractivity contribution >= 4 is 0 Å². The quantitative estimate of drug-likeness (QED) is 0.692. The summed E-state index contributed by atoms with van der Waals surface area (Å²) in [5.41, 5.74) is 1.67. The lowest BCUT2D eigenvalue weighted by Crippen LogP contribution is -2.51. The van der Waals surface area contributed by atoms with Crippen molar-refractivity contribution in [3.63, 3.8) is 0 Å². The van der Waals surface area contributed by atoms with E-state index in [2.05, 4.69) is 13.0 Å². The van der Waals surface area contributed by atoms with Crippen LogP contribution in [0.5, 0.6) is 0 Å². The second-order valence-electron chi connectivity index (χ2n) is 7.43. The second kappa shape index (κ2) is 4.56. The maximum absolute atomic E-state index is 10.7. The molecule has 4 rings (SSSR count). The summed E-state index contributed by atoms with van der Waals surface area (Å²) in [6, 6.07) is 0. The smallest absolute Gasteiger partial charge is 0.172 e. The lowest BCUT2D eigenvalue weighted by Gasteiger charge is -2.50. The Kier molecular flexibility index (Phi) is 3.03. The Morgan fingerprint density at radius 1 is 1.20 bits per heavy atom. The van der Waals surface area contributed by atoms with E-state index < -0.39 is 0 Å². The molecular weight excluding hydrogens is 252 g/mol. The minimum absolute atomic E-state index is 0.223. The van der Waals surface area contributed by atoms with Gasteiger partial charge in [0.1, 0.15) is 0 Å². The molecule has 0 amide bonds. The molecule has 3 fully saturated rings. The fourth-order valence-corrected chi connectivity index (χ4v) is 5.60. The highest BCUT2D eigenvalue weighted by molar-refractivity contribution is 5.15. The minimum Gasteiger partial charge on any atom is -0.392 e. The first kappa shape index (κ1) is 13.3. The van der Waals surface area contributed by atoms with Crippen LogP contribution in [0.2, 0.25) is 0 Å². The van der Waals surface area contributed by atoms with Gasteiger partial charge >= 0.3 is 0 Å². The maximum atomic E-state index is 10.7. The van der Waals surface area contributed by atoms with Gasteiger partial charge in [0.25, 0.3) is 0 Å². The van der Waals surface area contributed by atoms with Crippen LogP contribution in [0.1, 0.15) is 51.9 Å². The first-order chi connectivity index (χ1) is 9.65. The van der Waals surface area contributed by atoms with Crippen LogP contribution >= 0.6 is 0 Å². The highest BCUT2D eigenvalue weighted by atomic mass is 16.7. The molecule has 3 aliphatic carbocycles. The summed E-state index contributed by atoms with van der Waals surface area (Å²) in [7, 11) is 0. The van der Waals surface area contributed by atoms with Crippen LogP contribution in [0.15, 0.2) is 11.6 Å². The van der Waals surface area contributed by atoms with Gasteiger partial charge in [-0.1, -0.05) is 18.1 Å². The van der Waals surface area contributed by atoms with Gasteiger partial charge in [-0.05, 0) is 50.4 Å². The zero-order chi connectivity index (χ0) is 13.8. The molecule has 1 saturated heterocycles. The fraction of sp³-hybridized carbons (Fsp3) is 0.882. The predicted molar refractivity (Wildman–Crippen MR) is 76.1 cm³/mol. The summed E-state index contributed by atoms with van der Waals surface area (Å²) in [6.45, 7) is 3.62. The molecule has 20 heavy (non-hydrogen) atoms. The van der Waals surface area contributed by atoms with Gasteiger partial charge in [0.15, 0.2) is 5.79 Å². The Hall–Kier alpha value is -0.380. The molecule has 1 spiro atoms. The third kappa shape index (κ3) is 1.76. The van der Waals surface area contributed by atoms with Gasteiger partial charge in [-0.3, -0.25) is 0 Å². The van der Waals surface area contributed by atoms with Gasteiger partial charge in [-0.15, -0.1) is 0 Å². The van der Waals surface area contributed by atoms with Crippen LogP contribution in [0.4, 0.5) is 0 Å². The largest absolute Gasteiger partial charge is 0.392 e. The molecule has 112 valence electrons. The molecule has 2 saturated carbocycles. The molecule has 2 bridgehead atoms. The van der Waals surface area contributed by atoms with Gasteiger partial charge in [0.05, 0.1) is 19.3 Å². The Balaban J connectivity index is 1.78. The molecule has 1 aliphatic heterocycles. The number of hydrogen-bond donors (Lipinski definition) is 1. The molecule has 1 N–H and O–H groups in total. The van der Waals surface area contributed by atoms with Crippen molar-refractivity contribution < 1.29 is 14.6 Å². The Morgan fingerprint density at radius 2 is 2.00 bits per heavy atom.